The van der Waals surface area contributed by atoms with Gasteiger partial charge in [-0.1, -0.05) is 0 Å². The molecule has 0 fully saturated rings. The molecule has 2 aromatic carbocycles. The van der Waals surface area contributed by atoms with Crippen molar-refractivity contribution in [3.8, 4) is 0 Å². The molecule has 2 heteroatoms. The Labute approximate surface area is 139 Å². The third-order valence-electron chi connectivity index (χ3n) is 3.19. The number of allylic oxidation sites excluding steroid dienone is 2. The van der Waals surface area contributed by atoms with Crippen LogP contribution in [0, 0.1) is 10.5 Å². The predicted molar refractivity (Wildman–Crippen MR) is 89.9 cm³/mol. The summed E-state index contributed by atoms with van der Waals surface area (Å²) in [6.45, 7) is 4.26. The molecule has 0 N–H and O–H groups in total. The van der Waals surface area contributed by atoms with Crippen molar-refractivity contribution in [3.05, 3.63) is 51.1 Å². The predicted octanol–water partition coefficient (Wildman–Crippen LogP) is 4.06. The minimum absolute atomic E-state index is 0.901. The zero-order chi connectivity index (χ0) is 13.1. The summed E-state index contributed by atoms with van der Waals surface area (Å²) in [5, 5.41) is 2.91. The van der Waals surface area contributed by atoms with Gasteiger partial charge in [-0.05, 0) is 0 Å². The van der Waals surface area contributed by atoms with E-state index < -0.39 is 0 Å². The maximum atomic E-state index is 2.48. The van der Waals surface area contributed by atoms with Crippen LogP contribution in [0.1, 0.15) is 24.5 Å². The summed E-state index contributed by atoms with van der Waals surface area (Å²) in [6, 6.07) is 9.25. The van der Waals surface area contributed by atoms with E-state index in [2.05, 4.69) is 72.9 Å². The third-order valence-corrected chi connectivity index (χ3v) is 6.73. The van der Waals surface area contributed by atoms with E-state index in [4.69, 9.17) is 0 Å². The van der Waals surface area contributed by atoms with E-state index in [1.165, 1.54) is 26.3 Å². The summed E-state index contributed by atoms with van der Waals surface area (Å²) in [4.78, 5) is 0. The summed E-state index contributed by atoms with van der Waals surface area (Å²) >= 11 is 3.38. The number of halogens is 1. The van der Waals surface area contributed by atoms with Gasteiger partial charge in [0.1, 0.15) is 0 Å². The van der Waals surface area contributed by atoms with E-state index >= 15 is 0 Å². The molecule has 0 nitrogen and oxygen atoms in total. The Bertz CT molecular complexity index is 600. The van der Waals surface area contributed by atoms with Crippen molar-refractivity contribution < 1.29 is 0 Å². The molecule has 0 unspecified atom stereocenters. The van der Waals surface area contributed by atoms with Gasteiger partial charge in [0.25, 0.3) is 0 Å². The van der Waals surface area contributed by atoms with Crippen molar-refractivity contribution in [1.82, 2.24) is 0 Å². The number of aryl methyl sites for hydroxylation is 2. The minimum atomic E-state index is 0.901. The van der Waals surface area contributed by atoms with Crippen molar-refractivity contribution in [2.45, 2.75) is 26.7 Å². The van der Waals surface area contributed by atoms with Crippen molar-refractivity contribution in [3.63, 3.8) is 0 Å². The van der Waals surface area contributed by atoms with E-state index in [0.29, 0.717) is 0 Å². The number of hydrogen-bond acceptors (Lipinski definition) is 0. The number of hydrogen-bond donors (Lipinski definition) is 0. The van der Waals surface area contributed by atoms with E-state index in [1.54, 1.807) is 8.69 Å². The molecule has 90 valence electrons. The van der Waals surface area contributed by atoms with Gasteiger partial charge in [-0.2, -0.15) is 0 Å². The molecule has 2 rings (SSSR count). The first-order valence-electron chi connectivity index (χ1n) is 6.22. The van der Waals surface area contributed by atoms with Crippen LogP contribution in [-0.4, -0.2) is 25.8 Å². The Balaban J connectivity index is 2.51. The molecule has 0 radical (unpaired) electrons. The van der Waals surface area contributed by atoms with Gasteiger partial charge in [-0.15, -0.1) is 0 Å². The van der Waals surface area contributed by atoms with E-state index in [0.717, 1.165) is 32.2 Å². The summed E-state index contributed by atoms with van der Waals surface area (Å²) in [6.07, 6.45) is 6.74. The summed E-state index contributed by atoms with van der Waals surface area (Å²) in [7, 11) is 0. The molecular weight excluding hydrogens is 523 g/mol. The van der Waals surface area contributed by atoms with Crippen LogP contribution < -0.4 is 3.12 Å². The molecule has 0 spiro atoms. The van der Waals surface area contributed by atoms with Crippen molar-refractivity contribution in [1.29, 1.82) is 0 Å². The number of rotatable bonds is 3. The van der Waals surface area contributed by atoms with Crippen LogP contribution in [0.5, 0.6) is 0 Å². The second-order valence-electron chi connectivity index (χ2n) is 4.59. The van der Waals surface area contributed by atoms with Crippen molar-refractivity contribution in [2.75, 3.05) is 0 Å². The van der Waals surface area contributed by atoms with Crippen LogP contribution in [0.2, 0.25) is 0 Å². The van der Waals surface area contributed by atoms with E-state index in [1.807, 2.05) is 0 Å². The average molecular weight is 540 g/mol. The molecule has 0 aliphatic heterocycles. The van der Waals surface area contributed by atoms with Gasteiger partial charge in [0, 0.05) is 0 Å². The Kier molecular flexibility index (Phi) is 5.24. The second-order valence-corrected chi connectivity index (χ2v) is 7.99. The van der Waals surface area contributed by atoms with Gasteiger partial charge in [-0.25, -0.2) is 0 Å². The van der Waals surface area contributed by atoms with E-state index in [9.17, 15) is 0 Å². The molecule has 0 saturated carbocycles. The zero-order valence-electron chi connectivity index (χ0n) is 10.8. The Morgan fingerprint density at radius 1 is 1.22 bits per heavy atom. The Morgan fingerprint density at radius 3 is 2.72 bits per heavy atom. The molecule has 0 bridgehead atoms. The third kappa shape index (κ3) is 3.15. The first kappa shape index (κ1) is 14.5. The van der Waals surface area contributed by atoms with Crippen LogP contribution in [0.3, 0.4) is 0 Å². The normalized spacial score (nSPS) is 11.4. The fraction of sp³-hybridized carbons (Fsp3) is 0.250. The molecule has 0 amide bonds. The first-order valence-corrected chi connectivity index (χ1v) is 9.54. The molecule has 0 aliphatic carbocycles. The molecule has 0 heterocycles. The summed E-state index contributed by atoms with van der Waals surface area (Å²) < 4.78 is 3.00. The van der Waals surface area contributed by atoms with Crippen LogP contribution in [0.15, 0.2) is 36.4 Å². The average Bonchev–Trinajstić information content (AvgIpc) is 2.35. The topological polar surface area (TPSA) is 0 Å². The van der Waals surface area contributed by atoms with Gasteiger partial charge >= 0.3 is 140 Å². The summed E-state index contributed by atoms with van der Waals surface area (Å²) in [5.41, 5.74) is 2.91. The molecule has 2 aromatic rings. The monoisotopic (exact) mass is 540 g/mol. The standard InChI is InChI=1S/C16H16I.Tl/c1-3-4-5-6-13-10-14-8-7-12(2)9-15(14)16(17)11-13;/h3-4,7-9,11H,5-6H2,1-2H3;/b4-3+;. The fourth-order valence-electron chi connectivity index (χ4n) is 2.18. The molecule has 0 aliphatic rings. The second kappa shape index (κ2) is 6.50. The fourth-order valence-corrected chi connectivity index (χ4v) is 4.87. The molecular formula is C16H16ITl. The van der Waals surface area contributed by atoms with Crippen molar-refractivity contribution in [2.24, 2.45) is 0 Å². The SMILES string of the molecule is C/C=C/CCc1cc(I)c2cc(C)ccc2[c]1[Tl]. The van der Waals surface area contributed by atoms with E-state index in [-0.39, 0.29) is 0 Å². The summed E-state index contributed by atoms with van der Waals surface area (Å²) in [5.74, 6) is 0. The van der Waals surface area contributed by atoms with Gasteiger partial charge in [0.2, 0.25) is 0 Å². The molecule has 0 aromatic heterocycles. The first-order chi connectivity index (χ1) is 8.63. The number of benzene rings is 2. The quantitative estimate of drug-likeness (QED) is 0.314. The zero-order valence-corrected chi connectivity index (χ0v) is 17.5. The van der Waals surface area contributed by atoms with Gasteiger partial charge < -0.3 is 0 Å². The van der Waals surface area contributed by atoms with Crippen molar-refractivity contribution >= 4 is 62.3 Å². The number of fused-ring (bicyclic) bond motifs is 1. The van der Waals surface area contributed by atoms with Crippen LogP contribution >= 0.6 is 22.6 Å². The Morgan fingerprint density at radius 2 is 2.00 bits per heavy atom. The maximum absolute atomic E-state index is 2.48. The van der Waals surface area contributed by atoms with Gasteiger partial charge in [0.15, 0.2) is 0 Å². The Hall–Kier alpha value is 0.0921. The molecule has 18 heavy (non-hydrogen) atoms. The molecule has 0 atom stereocenters. The van der Waals surface area contributed by atoms with Gasteiger partial charge in [-0.3, -0.25) is 0 Å². The van der Waals surface area contributed by atoms with Crippen LogP contribution in [0.4, 0.5) is 0 Å². The van der Waals surface area contributed by atoms with Gasteiger partial charge in [0.05, 0.1) is 0 Å². The van der Waals surface area contributed by atoms with Crippen LogP contribution in [-0.2, 0) is 6.42 Å². The molecule has 0 saturated heterocycles. The van der Waals surface area contributed by atoms with Crippen LogP contribution in [0.25, 0.3) is 10.8 Å².